The molecule has 1 amide bonds. The number of nitrogens with zero attached hydrogens (tertiary/aromatic N) is 3. The minimum absolute atomic E-state index is 0.0345. The SMILES string of the molecule is CCCCn1cc(C(=O)NCc2cc(C)on2)c(=O)n(-c2cccc(C(F)(F)F)c2)c1=O. The minimum atomic E-state index is -4.66. The molecule has 11 heteroatoms. The van der Waals surface area contributed by atoms with E-state index >= 15 is 0 Å². The summed E-state index contributed by atoms with van der Waals surface area (Å²) in [6, 6.07) is 5.44. The number of benzene rings is 1. The molecular weight excluding hydrogens is 429 g/mol. The lowest BCUT2D eigenvalue weighted by molar-refractivity contribution is -0.137. The number of amides is 1. The lowest BCUT2D eigenvalue weighted by atomic mass is 10.2. The van der Waals surface area contributed by atoms with E-state index in [9.17, 15) is 27.6 Å². The first-order valence-corrected chi connectivity index (χ1v) is 9.86. The second kappa shape index (κ2) is 9.25. The highest BCUT2D eigenvalue weighted by atomic mass is 19.4. The van der Waals surface area contributed by atoms with Gasteiger partial charge in [0.2, 0.25) is 0 Å². The summed E-state index contributed by atoms with van der Waals surface area (Å²) >= 11 is 0. The van der Waals surface area contributed by atoms with Gasteiger partial charge in [0.05, 0.1) is 17.8 Å². The fourth-order valence-electron chi connectivity index (χ4n) is 3.06. The van der Waals surface area contributed by atoms with Gasteiger partial charge < -0.3 is 9.84 Å². The second-order valence-electron chi connectivity index (χ2n) is 7.17. The average Bonchev–Trinajstić information content (AvgIpc) is 3.16. The highest BCUT2D eigenvalue weighted by Crippen LogP contribution is 2.29. The molecule has 0 atom stereocenters. The van der Waals surface area contributed by atoms with E-state index in [4.69, 9.17) is 4.52 Å². The van der Waals surface area contributed by atoms with Crippen molar-refractivity contribution in [2.75, 3.05) is 0 Å². The Morgan fingerprint density at radius 3 is 2.59 bits per heavy atom. The lowest BCUT2D eigenvalue weighted by Gasteiger charge is -2.14. The topological polar surface area (TPSA) is 99.1 Å². The van der Waals surface area contributed by atoms with E-state index in [1.807, 2.05) is 6.92 Å². The predicted molar refractivity (Wildman–Crippen MR) is 109 cm³/mol. The van der Waals surface area contributed by atoms with Crippen molar-refractivity contribution in [3.05, 3.63) is 79.9 Å². The normalized spacial score (nSPS) is 11.5. The fraction of sp³-hybridized carbons (Fsp3) is 0.333. The fourth-order valence-corrected chi connectivity index (χ4v) is 3.06. The van der Waals surface area contributed by atoms with Gasteiger partial charge in [-0.15, -0.1) is 0 Å². The molecule has 32 heavy (non-hydrogen) atoms. The smallest absolute Gasteiger partial charge is 0.361 e. The molecule has 0 spiro atoms. The van der Waals surface area contributed by atoms with Crippen LogP contribution >= 0.6 is 0 Å². The van der Waals surface area contributed by atoms with Gasteiger partial charge in [0, 0.05) is 18.8 Å². The van der Waals surface area contributed by atoms with Gasteiger partial charge >= 0.3 is 11.9 Å². The number of carbonyl (C=O) groups excluding carboxylic acids is 1. The number of carbonyl (C=O) groups is 1. The van der Waals surface area contributed by atoms with E-state index in [1.54, 1.807) is 13.0 Å². The third kappa shape index (κ3) is 4.98. The predicted octanol–water partition coefficient (Wildman–Crippen LogP) is 3.04. The number of unbranched alkanes of at least 4 members (excludes halogenated alkanes) is 1. The first-order chi connectivity index (χ1) is 15.1. The Bertz CT molecular complexity index is 1240. The van der Waals surface area contributed by atoms with Gasteiger partial charge in [-0.2, -0.15) is 13.2 Å². The van der Waals surface area contributed by atoms with Crippen molar-refractivity contribution in [2.45, 2.75) is 46.0 Å². The molecule has 3 rings (SSSR count). The molecule has 3 aromatic rings. The van der Waals surface area contributed by atoms with Crippen LogP contribution in [0.5, 0.6) is 0 Å². The molecule has 1 aromatic carbocycles. The van der Waals surface area contributed by atoms with E-state index in [2.05, 4.69) is 10.5 Å². The zero-order valence-electron chi connectivity index (χ0n) is 17.4. The van der Waals surface area contributed by atoms with Crippen LogP contribution in [0.25, 0.3) is 5.69 Å². The number of rotatable bonds is 7. The molecule has 0 fully saturated rings. The van der Waals surface area contributed by atoms with Crippen LogP contribution in [0.1, 0.15) is 47.1 Å². The minimum Gasteiger partial charge on any atom is -0.361 e. The van der Waals surface area contributed by atoms with Gasteiger partial charge in [-0.05, 0) is 31.5 Å². The summed E-state index contributed by atoms with van der Waals surface area (Å²) in [4.78, 5) is 38.6. The van der Waals surface area contributed by atoms with E-state index in [1.165, 1.54) is 6.07 Å². The maximum absolute atomic E-state index is 13.2. The van der Waals surface area contributed by atoms with Crippen LogP contribution in [0, 0.1) is 6.92 Å². The Labute approximate surface area is 180 Å². The first-order valence-electron chi connectivity index (χ1n) is 9.86. The molecule has 0 unspecified atom stereocenters. The Morgan fingerprint density at radius 2 is 1.97 bits per heavy atom. The molecule has 2 heterocycles. The summed E-state index contributed by atoms with van der Waals surface area (Å²) in [6.07, 6.45) is -2.23. The van der Waals surface area contributed by atoms with Crippen molar-refractivity contribution in [1.82, 2.24) is 19.6 Å². The highest BCUT2D eigenvalue weighted by Gasteiger charge is 2.31. The van der Waals surface area contributed by atoms with Crippen molar-refractivity contribution >= 4 is 5.91 Å². The summed E-state index contributed by atoms with van der Waals surface area (Å²) in [5, 5.41) is 6.26. The van der Waals surface area contributed by atoms with E-state index in [0.717, 1.165) is 29.3 Å². The van der Waals surface area contributed by atoms with Gasteiger partial charge in [0.25, 0.3) is 11.5 Å². The maximum atomic E-state index is 13.2. The Kier molecular flexibility index (Phi) is 6.66. The van der Waals surface area contributed by atoms with Crippen molar-refractivity contribution in [3.8, 4) is 5.69 Å². The highest BCUT2D eigenvalue weighted by molar-refractivity contribution is 5.93. The van der Waals surface area contributed by atoms with Gasteiger partial charge in [-0.25, -0.2) is 9.36 Å². The second-order valence-corrected chi connectivity index (χ2v) is 7.17. The first kappa shape index (κ1) is 23.0. The summed E-state index contributed by atoms with van der Waals surface area (Å²) in [6.45, 7) is 3.72. The number of nitrogens with one attached hydrogen (secondary N) is 1. The zero-order valence-corrected chi connectivity index (χ0v) is 17.4. The van der Waals surface area contributed by atoms with Gasteiger partial charge in [-0.3, -0.25) is 14.2 Å². The summed E-state index contributed by atoms with van der Waals surface area (Å²) < 4.78 is 46.1. The number of aromatic nitrogens is 3. The van der Waals surface area contributed by atoms with Crippen LogP contribution in [0.2, 0.25) is 0 Å². The molecule has 0 saturated carbocycles. The van der Waals surface area contributed by atoms with Crippen LogP contribution in [-0.2, 0) is 19.3 Å². The third-order valence-electron chi connectivity index (χ3n) is 4.69. The monoisotopic (exact) mass is 450 g/mol. The van der Waals surface area contributed by atoms with Crippen LogP contribution < -0.4 is 16.6 Å². The average molecular weight is 450 g/mol. The Hall–Kier alpha value is -3.63. The van der Waals surface area contributed by atoms with Crippen LogP contribution in [0.15, 0.2) is 50.6 Å². The molecule has 0 bridgehead atoms. The number of hydrogen-bond acceptors (Lipinski definition) is 5. The van der Waals surface area contributed by atoms with E-state index in [-0.39, 0.29) is 24.3 Å². The van der Waals surface area contributed by atoms with Crippen LogP contribution in [0.4, 0.5) is 13.2 Å². The third-order valence-corrected chi connectivity index (χ3v) is 4.69. The number of aryl methyl sites for hydroxylation is 2. The molecule has 0 aliphatic heterocycles. The summed E-state index contributed by atoms with van der Waals surface area (Å²) in [5.74, 6) is -0.254. The molecule has 0 aliphatic carbocycles. The number of hydrogen-bond donors (Lipinski definition) is 1. The van der Waals surface area contributed by atoms with Crippen molar-refractivity contribution in [3.63, 3.8) is 0 Å². The van der Waals surface area contributed by atoms with E-state index in [0.29, 0.717) is 28.5 Å². The van der Waals surface area contributed by atoms with Crippen molar-refractivity contribution in [2.24, 2.45) is 0 Å². The molecule has 0 saturated heterocycles. The van der Waals surface area contributed by atoms with Gasteiger partial charge in [0.15, 0.2) is 0 Å². The molecule has 0 aliphatic rings. The van der Waals surface area contributed by atoms with Gasteiger partial charge in [0.1, 0.15) is 17.0 Å². The number of halogens is 3. The molecule has 8 nitrogen and oxygen atoms in total. The number of alkyl halides is 3. The standard InChI is InChI=1S/C21H21F3N4O4/c1-3-4-8-27-12-17(18(29)25-11-15-9-13(2)32-26-15)19(30)28(20(27)31)16-7-5-6-14(10-16)21(22,23)24/h5-7,9-10,12H,3-4,8,11H2,1-2H3,(H,25,29). The van der Waals surface area contributed by atoms with Crippen molar-refractivity contribution < 1.29 is 22.5 Å². The van der Waals surface area contributed by atoms with Crippen LogP contribution in [-0.4, -0.2) is 20.2 Å². The van der Waals surface area contributed by atoms with Crippen LogP contribution in [0.3, 0.4) is 0 Å². The molecular formula is C21H21F3N4O4. The Morgan fingerprint density at radius 1 is 1.22 bits per heavy atom. The van der Waals surface area contributed by atoms with Gasteiger partial charge in [-0.1, -0.05) is 24.6 Å². The maximum Gasteiger partial charge on any atom is 0.416 e. The zero-order chi connectivity index (χ0) is 23.5. The summed E-state index contributed by atoms with van der Waals surface area (Å²) in [5.41, 5.74) is -3.09. The van der Waals surface area contributed by atoms with E-state index < -0.39 is 28.9 Å². The quantitative estimate of drug-likeness (QED) is 0.597. The largest absolute Gasteiger partial charge is 0.416 e. The molecule has 1 N–H and O–H groups in total. The summed E-state index contributed by atoms with van der Waals surface area (Å²) in [7, 11) is 0. The molecule has 0 radical (unpaired) electrons. The molecule has 170 valence electrons. The Balaban J connectivity index is 2.08. The van der Waals surface area contributed by atoms with Crippen molar-refractivity contribution in [1.29, 1.82) is 0 Å². The lowest BCUT2D eigenvalue weighted by Crippen LogP contribution is -2.43. The molecule has 2 aromatic heterocycles.